The van der Waals surface area contributed by atoms with Crippen molar-refractivity contribution in [1.82, 2.24) is 0 Å². The van der Waals surface area contributed by atoms with Crippen molar-refractivity contribution < 1.29 is 12.8 Å². The van der Waals surface area contributed by atoms with E-state index >= 15 is 0 Å². The first-order valence-electron chi connectivity index (χ1n) is 3.22. The molecule has 1 aromatic rings. The summed E-state index contributed by atoms with van der Waals surface area (Å²) in [5.74, 6) is -0.688. The average molecular weight is 243 g/mol. The zero-order valence-electron chi connectivity index (χ0n) is 6.51. The van der Waals surface area contributed by atoms with Crippen molar-refractivity contribution in [2.24, 2.45) is 0 Å². The number of hydrogen-bond donors (Lipinski definition) is 0. The van der Waals surface area contributed by atoms with Gasteiger partial charge in [-0.1, -0.05) is 11.6 Å². The molecule has 0 N–H and O–H groups in total. The molecule has 0 radical (unpaired) electrons. The Balaban J connectivity index is 3.56. The summed E-state index contributed by atoms with van der Waals surface area (Å²) in [5.41, 5.74) is -0.0283. The first kappa shape index (κ1) is 10.8. The van der Waals surface area contributed by atoms with E-state index in [2.05, 4.69) is 0 Å². The molecule has 0 saturated carbocycles. The van der Waals surface area contributed by atoms with Crippen molar-refractivity contribution in [2.75, 3.05) is 0 Å². The van der Waals surface area contributed by atoms with E-state index in [1.54, 1.807) is 0 Å². The molecule has 0 aliphatic carbocycles. The normalized spacial score (nSPS) is 11.7. The average Bonchev–Trinajstić information content (AvgIpc) is 1.94. The van der Waals surface area contributed by atoms with Crippen LogP contribution in [-0.4, -0.2) is 8.42 Å². The summed E-state index contributed by atoms with van der Waals surface area (Å²) in [5, 5.41) is 0.00215. The van der Waals surface area contributed by atoms with Crippen LogP contribution in [0.1, 0.15) is 5.56 Å². The smallest absolute Gasteiger partial charge is 0.207 e. The van der Waals surface area contributed by atoms with Gasteiger partial charge in [-0.25, -0.2) is 12.8 Å². The molecule has 2 nitrogen and oxygen atoms in total. The van der Waals surface area contributed by atoms with E-state index in [4.69, 9.17) is 22.3 Å². The largest absolute Gasteiger partial charge is 0.261 e. The highest BCUT2D eigenvalue weighted by molar-refractivity contribution is 8.13. The van der Waals surface area contributed by atoms with Gasteiger partial charge in [-0.05, 0) is 19.1 Å². The molecular formula is C7H5Cl2FO2S. The Labute approximate surface area is 84.7 Å². The lowest BCUT2D eigenvalue weighted by molar-refractivity contribution is 0.596. The molecule has 0 heterocycles. The van der Waals surface area contributed by atoms with Crippen molar-refractivity contribution >= 4 is 31.3 Å². The predicted octanol–water partition coefficient (Wildman–Crippen LogP) is 2.72. The van der Waals surface area contributed by atoms with Gasteiger partial charge in [0.05, 0.1) is 4.90 Å². The molecule has 1 aromatic carbocycles. The van der Waals surface area contributed by atoms with Crippen LogP contribution >= 0.6 is 22.3 Å². The maximum absolute atomic E-state index is 13.0. The summed E-state index contributed by atoms with van der Waals surface area (Å²) in [6, 6.07) is 2.14. The molecule has 0 fully saturated rings. The fraction of sp³-hybridized carbons (Fsp3) is 0.143. The summed E-state index contributed by atoms with van der Waals surface area (Å²) in [6.07, 6.45) is 0. The van der Waals surface area contributed by atoms with E-state index in [0.717, 1.165) is 12.1 Å². The molecule has 6 heteroatoms. The number of halogens is 3. The van der Waals surface area contributed by atoms with Crippen LogP contribution in [-0.2, 0) is 9.05 Å². The number of hydrogen-bond acceptors (Lipinski definition) is 2. The summed E-state index contributed by atoms with van der Waals surface area (Å²) < 4.78 is 34.8. The van der Waals surface area contributed by atoms with Crippen LogP contribution in [0.2, 0.25) is 5.02 Å². The maximum Gasteiger partial charge on any atom is 0.261 e. The van der Waals surface area contributed by atoms with Gasteiger partial charge in [0.25, 0.3) is 9.05 Å². The lowest BCUT2D eigenvalue weighted by Crippen LogP contribution is -1.97. The molecule has 0 saturated heterocycles. The summed E-state index contributed by atoms with van der Waals surface area (Å²) in [4.78, 5) is -0.292. The molecule has 0 atom stereocenters. The van der Waals surface area contributed by atoms with Gasteiger partial charge in [-0.2, -0.15) is 0 Å². The summed E-state index contributed by atoms with van der Waals surface area (Å²) in [6.45, 7) is 1.32. The van der Waals surface area contributed by atoms with Crippen LogP contribution in [0.3, 0.4) is 0 Å². The molecule has 1 rings (SSSR count). The first-order chi connectivity index (χ1) is 5.82. The van der Waals surface area contributed by atoms with Crippen LogP contribution in [0.25, 0.3) is 0 Å². The van der Waals surface area contributed by atoms with E-state index in [1.807, 2.05) is 0 Å². The highest BCUT2D eigenvalue weighted by Gasteiger charge is 2.16. The van der Waals surface area contributed by atoms with Gasteiger partial charge in [0.15, 0.2) is 0 Å². The Kier molecular flexibility index (Phi) is 2.85. The van der Waals surface area contributed by atoms with Gasteiger partial charge in [0, 0.05) is 21.3 Å². The van der Waals surface area contributed by atoms with Gasteiger partial charge in [-0.15, -0.1) is 0 Å². The molecule has 0 amide bonds. The minimum absolute atomic E-state index is 0.00215. The number of benzene rings is 1. The monoisotopic (exact) mass is 242 g/mol. The van der Waals surface area contributed by atoms with E-state index in [1.165, 1.54) is 6.92 Å². The van der Waals surface area contributed by atoms with Crippen LogP contribution in [0, 0.1) is 12.7 Å². The van der Waals surface area contributed by atoms with Gasteiger partial charge in [0.1, 0.15) is 5.82 Å². The topological polar surface area (TPSA) is 34.1 Å². The summed E-state index contributed by atoms with van der Waals surface area (Å²) >= 11 is 5.47. The predicted molar refractivity (Wildman–Crippen MR) is 49.2 cm³/mol. The molecule has 0 aliphatic rings. The standard InChI is InChI=1S/C7H5Cl2FO2S/c1-4-6(10)2-5(8)3-7(4)13(9,11)12/h2-3H,1H3. The minimum atomic E-state index is -3.93. The third-order valence-electron chi connectivity index (χ3n) is 1.52. The first-order valence-corrected chi connectivity index (χ1v) is 5.91. The highest BCUT2D eigenvalue weighted by Crippen LogP contribution is 2.25. The second-order valence-electron chi connectivity index (χ2n) is 2.45. The minimum Gasteiger partial charge on any atom is -0.207 e. The molecular weight excluding hydrogens is 238 g/mol. The third-order valence-corrected chi connectivity index (χ3v) is 3.19. The lowest BCUT2D eigenvalue weighted by Gasteiger charge is -2.03. The molecule has 72 valence electrons. The Hall–Kier alpha value is -0.320. The van der Waals surface area contributed by atoms with Gasteiger partial charge >= 0.3 is 0 Å². The van der Waals surface area contributed by atoms with Crippen molar-refractivity contribution in [3.63, 3.8) is 0 Å². The van der Waals surface area contributed by atoms with E-state index < -0.39 is 14.9 Å². The fourth-order valence-corrected chi connectivity index (χ4v) is 2.36. The Morgan fingerprint density at radius 1 is 1.38 bits per heavy atom. The second-order valence-corrected chi connectivity index (χ2v) is 5.42. The Bertz CT molecular complexity index is 442. The van der Waals surface area contributed by atoms with E-state index in [0.29, 0.717) is 0 Å². The van der Waals surface area contributed by atoms with Crippen LogP contribution in [0.15, 0.2) is 17.0 Å². The Morgan fingerprint density at radius 2 is 1.92 bits per heavy atom. The SMILES string of the molecule is Cc1c(F)cc(Cl)cc1S(=O)(=O)Cl. The van der Waals surface area contributed by atoms with Gasteiger partial charge in [-0.3, -0.25) is 0 Å². The fourth-order valence-electron chi connectivity index (χ4n) is 0.875. The lowest BCUT2D eigenvalue weighted by atomic mass is 10.2. The highest BCUT2D eigenvalue weighted by atomic mass is 35.7. The third kappa shape index (κ3) is 2.33. The van der Waals surface area contributed by atoms with Crippen LogP contribution in [0.5, 0.6) is 0 Å². The zero-order chi connectivity index (χ0) is 10.2. The van der Waals surface area contributed by atoms with Crippen molar-refractivity contribution in [3.8, 4) is 0 Å². The van der Waals surface area contributed by atoms with Crippen molar-refractivity contribution in [2.45, 2.75) is 11.8 Å². The maximum atomic E-state index is 13.0. The zero-order valence-corrected chi connectivity index (χ0v) is 8.84. The molecule has 0 unspecified atom stereocenters. The van der Waals surface area contributed by atoms with E-state index in [9.17, 15) is 12.8 Å². The molecule has 0 aromatic heterocycles. The van der Waals surface area contributed by atoms with Crippen molar-refractivity contribution in [1.29, 1.82) is 0 Å². The molecule has 0 bridgehead atoms. The summed E-state index contributed by atoms with van der Waals surface area (Å²) in [7, 11) is 1.12. The van der Waals surface area contributed by atoms with Crippen molar-refractivity contribution in [3.05, 3.63) is 28.5 Å². The van der Waals surface area contributed by atoms with Gasteiger partial charge in [0.2, 0.25) is 0 Å². The van der Waals surface area contributed by atoms with E-state index in [-0.39, 0.29) is 15.5 Å². The second kappa shape index (κ2) is 3.44. The number of rotatable bonds is 1. The van der Waals surface area contributed by atoms with Gasteiger partial charge < -0.3 is 0 Å². The van der Waals surface area contributed by atoms with Crippen LogP contribution < -0.4 is 0 Å². The quantitative estimate of drug-likeness (QED) is 0.710. The molecule has 13 heavy (non-hydrogen) atoms. The Morgan fingerprint density at radius 3 is 2.38 bits per heavy atom. The molecule has 0 aliphatic heterocycles. The molecule has 0 spiro atoms. The van der Waals surface area contributed by atoms with Crippen LogP contribution in [0.4, 0.5) is 4.39 Å².